The number of nitrogens with one attached hydrogen (secondary N) is 1. The zero-order chi connectivity index (χ0) is 10.4. The van der Waals surface area contributed by atoms with E-state index in [0.29, 0.717) is 19.6 Å². The lowest BCUT2D eigenvalue weighted by atomic mass is 10.1. The van der Waals surface area contributed by atoms with Crippen LogP contribution in [0.4, 0.5) is 0 Å². The summed E-state index contributed by atoms with van der Waals surface area (Å²) < 4.78 is 5.31. The number of aliphatic hydroxyl groups excluding tert-OH is 1. The number of aliphatic hydroxyl groups is 1. The van der Waals surface area contributed by atoms with Crippen LogP contribution in [0.2, 0.25) is 0 Å². The minimum Gasteiger partial charge on any atom is -0.391 e. The number of hydrogen-bond acceptors (Lipinski definition) is 3. The number of ether oxygens (including phenoxy) is 1. The molecule has 4 nitrogen and oxygen atoms in total. The molecule has 2 N–H and O–H groups in total. The summed E-state index contributed by atoms with van der Waals surface area (Å²) in [6.45, 7) is 2.89. The maximum absolute atomic E-state index is 11.5. The smallest absolute Gasteiger partial charge is 0.249 e. The van der Waals surface area contributed by atoms with Gasteiger partial charge in [0.05, 0.1) is 6.10 Å². The zero-order valence-electron chi connectivity index (χ0n) is 8.66. The molecule has 0 aromatic heterocycles. The molecule has 4 heteroatoms. The highest BCUT2D eigenvalue weighted by Gasteiger charge is 2.21. The van der Waals surface area contributed by atoms with E-state index in [4.69, 9.17) is 4.74 Å². The standard InChI is InChI=1S/C10H19NO3/c1-2-8(12)7-11-10(13)9-5-3-4-6-14-9/h8-9,12H,2-7H2,1H3,(H,11,13). The normalized spacial score (nSPS) is 24.3. The van der Waals surface area contributed by atoms with Gasteiger partial charge in [0.2, 0.25) is 5.91 Å². The first kappa shape index (κ1) is 11.5. The van der Waals surface area contributed by atoms with Gasteiger partial charge >= 0.3 is 0 Å². The Kier molecular flexibility index (Phi) is 4.90. The topological polar surface area (TPSA) is 58.6 Å². The molecule has 1 amide bonds. The second kappa shape index (κ2) is 5.98. The van der Waals surface area contributed by atoms with Gasteiger partial charge < -0.3 is 15.2 Å². The van der Waals surface area contributed by atoms with Crippen LogP contribution in [0.5, 0.6) is 0 Å². The Morgan fingerprint density at radius 3 is 3.00 bits per heavy atom. The average molecular weight is 201 g/mol. The highest BCUT2D eigenvalue weighted by atomic mass is 16.5. The third-order valence-corrected chi connectivity index (χ3v) is 2.46. The van der Waals surface area contributed by atoms with Crippen LogP contribution in [0.1, 0.15) is 32.6 Å². The molecule has 1 heterocycles. The second-order valence-corrected chi connectivity index (χ2v) is 3.66. The fraction of sp³-hybridized carbons (Fsp3) is 0.900. The van der Waals surface area contributed by atoms with E-state index in [9.17, 15) is 9.90 Å². The van der Waals surface area contributed by atoms with E-state index in [0.717, 1.165) is 19.3 Å². The number of hydrogen-bond donors (Lipinski definition) is 2. The van der Waals surface area contributed by atoms with Gasteiger partial charge in [0, 0.05) is 13.2 Å². The molecule has 1 aliphatic rings. The summed E-state index contributed by atoms with van der Waals surface area (Å²) in [7, 11) is 0. The molecule has 2 unspecified atom stereocenters. The van der Waals surface area contributed by atoms with Gasteiger partial charge in [-0.15, -0.1) is 0 Å². The van der Waals surface area contributed by atoms with Crippen LogP contribution in [0.3, 0.4) is 0 Å². The molecule has 0 spiro atoms. The Balaban J connectivity index is 2.19. The van der Waals surface area contributed by atoms with E-state index in [2.05, 4.69) is 5.32 Å². The Hall–Kier alpha value is -0.610. The van der Waals surface area contributed by atoms with Crippen molar-refractivity contribution in [3.05, 3.63) is 0 Å². The second-order valence-electron chi connectivity index (χ2n) is 3.66. The molecule has 0 saturated carbocycles. The molecule has 1 fully saturated rings. The first-order valence-corrected chi connectivity index (χ1v) is 5.31. The molecule has 0 aliphatic carbocycles. The largest absolute Gasteiger partial charge is 0.391 e. The molecule has 82 valence electrons. The molecule has 0 aromatic rings. The van der Waals surface area contributed by atoms with Crippen LogP contribution in [-0.2, 0) is 9.53 Å². The Morgan fingerprint density at radius 2 is 2.43 bits per heavy atom. The SMILES string of the molecule is CCC(O)CNC(=O)C1CCCCO1. The predicted molar refractivity (Wildman–Crippen MR) is 52.9 cm³/mol. The van der Waals surface area contributed by atoms with E-state index >= 15 is 0 Å². The predicted octanol–water partition coefficient (Wildman–Crippen LogP) is 0.443. The Labute approximate surface area is 84.6 Å². The average Bonchev–Trinajstić information content (AvgIpc) is 2.26. The molecule has 2 atom stereocenters. The van der Waals surface area contributed by atoms with Crippen LogP contribution in [-0.4, -0.2) is 36.4 Å². The Morgan fingerprint density at radius 1 is 1.64 bits per heavy atom. The van der Waals surface area contributed by atoms with Crippen molar-refractivity contribution in [3.8, 4) is 0 Å². The van der Waals surface area contributed by atoms with Crippen molar-refractivity contribution in [2.24, 2.45) is 0 Å². The van der Waals surface area contributed by atoms with Crippen molar-refractivity contribution < 1.29 is 14.6 Å². The highest BCUT2D eigenvalue weighted by Crippen LogP contribution is 2.12. The molecule has 1 rings (SSSR count). The van der Waals surface area contributed by atoms with Crippen molar-refractivity contribution in [3.63, 3.8) is 0 Å². The lowest BCUT2D eigenvalue weighted by molar-refractivity contribution is -0.135. The monoisotopic (exact) mass is 201 g/mol. The van der Waals surface area contributed by atoms with Gasteiger partial charge in [-0.2, -0.15) is 0 Å². The van der Waals surface area contributed by atoms with Crippen molar-refractivity contribution in [1.82, 2.24) is 5.32 Å². The summed E-state index contributed by atoms with van der Waals surface area (Å²) in [5.41, 5.74) is 0. The summed E-state index contributed by atoms with van der Waals surface area (Å²) in [6.07, 6.45) is 2.81. The van der Waals surface area contributed by atoms with Crippen molar-refractivity contribution in [2.75, 3.05) is 13.2 Å². The van der Waals surface area contributed by atoms with Crippen LogP contribution in [0, 0.1) is 0 Å². The third kappa shape index (κ3) is 3.64. The van der Waals surface area contributed by atoms with Crippen molar-refractivity contribution in [1.29, 1.82) is 0 Å². The summed E-state index contributed by atoms with van der Waals surface area (Å²) in [5.74, 6) is -0.0859. The van der Waals surface area contributed by atoms with Crippen molar-refractivity contribution >= 4 is 5.91 Å². The molecular weight excluding hydrogens is 182 g/mol. The first-order valence-electron chi connectivity index (χ1n) is 5.31. The van der Waals surface area contributed by atoms with Crippen LogP contribution in [0.15, 0.2) is 0 Å². The van der Waals surface area contributed by atoms with Crippen LogP contribution >= 0.6 is 0 Å². The zero-order valence-corrected chi connectivity index (χ0v) is 8.66. The molecule has 0 bridgehead atoms. The fourth-order valence-electron chi connectivity index (χ4n) is 1.42. The van der Waals surface area contributed by atoms with E-state index in [1.54, 1.807) is 0 Å². The summed E-state index contributed by atoms with van der Waals surface area (Å²) in [5, 5.41) is 11.9. The molecular formula is C10H19NO3. The number of rotatable bonds is 4. The summed E-state index contributed by atoms with van der Waals surface area (Å²) in [4.78, 5) is 11.5. The number of amides is 1. The Bertz CT molecular complexity index is 178. The van der Waals surface area contributed by atoms with E-state index in [1.807, 2.05) is 6.92 Å². The fourth-order valence-corrected chi connectivity index (χ4v) is 1.42. The third-order valence-electron chi connectivity index (χ3n) is 2.46. The molecule has 14 heavy (non-hydrogen) atoms. The van der Waals surface area contributed by atoms with Crippen LogP contribution in [0.25, 0.3) is 0 Å². The summed E-state index contributed by atoms with van der Waals surface area (Å²) in [6, 6.07) is 0. The van der Waals surface area contributed by atoms with Gasteiger partial charge in [-0.25, -0.2) is 0 Å². The minimum atomic E-state index is -0.442. The van der Waals surface area contributed by atoms with Gasteiger partial charge in [-0.05, 0) is 25.7 Å². The lowest BCUT2D eigenvalue weighted by Crippen LogP contribution is -2.41. The minimum absolute atomic E-state index is 0.0859. The van der Waals surface area contributed by atoms with Crippen LogP contribution < -0.4 is 5.32 Å². The van der Waals surface area contributed by atoms with Gasteiger partial charge in [-0.3, -0.25) is 4.79 Å². The van der Waals surface area contributed by atoms with Gasteiger partial charge in [0.25, 0.3) is 0 Å². The first-order chi connectivity index (χ1) is 6.74. The maximum atomic E-state index is 11.5. The van der Waals surface area contributed by atoms with Gasteiger partial charge in [-0.1, -0.05) is 6.92 Å². The van der Waals surface area contributed by atoms with Gasteiger partial charge in [0.15, 0.2) is 0 Å². The molecule has 0 radical (unpaired) electrons. The van der Waals surface area contributed by atoms with Gasteiger partial charge in [0.1, 0.15) is 6.10 Å². The van der Waals surface area contributed by atoms with E-state index in [1.165, 1.54) is 0 Å². The van der Waals surface area contributed by atoms with E-state index in [-0.39, 0.29) is 12.0 Å². The number of carbonyl (C=O) groups excluding carboxylic acids is 1. The quantitative estimate of drug-likeness (QED) is 0.694. The molecule has 0 aromatic carbocycles. The molecule has 1 aliphatic heterocycles. The van der Waals surface area contributed by atoms with Crippen molar-refractivity contribution in [2.45, 2.75) is 44.8 Å². The maximum Gasteiger partial charge on any atom is 0.249 e. The van der Waals surface area contributed by atoms with E-state index < -0.39 is 6.10 Å². The lowest BCUT2D eigenvalue weighted by Gasteiger charge is -2.22. The number of carbonyl (C=O) groups is 1. The molecule has 1 saturated heterocycles. The summed E-state index contributed by atoms with van der Waals surface area (Å²) >= 11 is 0. The highest BCUT2D eigenvalue weighted by molar-refractivity contribution is 5.80.